The molecule has 120 valence electrons. The molecule has 0 bridgehead atoms. The van der Waals surface area contributed by atoms with Crippen LogP contribution in [0.3, 0.4) is 0 Å². The SMILES string of the molecule is CC(CNC(=O)NC(CC(=O)O)C(=O)O)CN1CCCC1. The zero-order valence-electron chi connectivity index (χ0n) is 12.2. The summed E-state index contributed by atoms with van der Waals surface area (Å²) < 4.78 is 0. The van der Waals surface area contributed by atoms with Crippen LogP contribution in [0.1, 0.15) is 26.2 Å². The van der Waals surface area contributed by atoms with Crippen molar-refractivity contribution in [2.75, 3.05) is 26.2 Å². The Bertz CT molecular complexity index is 382. The zero-order valence-corrected chi connectivity index (χ0v) is 12.2. The van der Waals surface area contributed by atoms with Gasteiger partial charge in [-0.1, -0.05) is 6.92 Å². The van der Waals surface area contributed by atoms with E-state index >= 15 is 0 Å². The number of hydrogen-bond donors (Lipinski definition) is 4. The summed E-state index contributed by atoms with van der Waals surface area (Å²) in [7, 11) is 0. The second kappa shape index (κ2) is 8.46. The second-order valence-electron chi connectivity index (χ2n) is 5.46. The Hall–Kier alpha value is -1.83. The van der Waals surface area contributed by atoms with E-state index in [4.69, 9.17) is 10.2 Å². The maximum Gasteiger partial charge on any atom is 0.326 e. The number of aliphatic carboxylic acids is 2. The number of likely N-dealkylation sites (tertiary alicyclic amines) is 1. The number of nitrogens with zero attached hydrogens (tertiary/aromatic N) is 1. The van der Waals surface area contributed by atoms with Crippen molar-refractivity contribution in [2.24, 2.45) is 5.92 Å². The monoisotopic (exact) mass is 301 g/mol. The van der Waals surface area contributed by atoms with Gasteiger partial charge in [-0.15, -0.1) is 0 Å². The number of carbonyl (C=O) groups is 3. The van der Waals surface area contributed by atoms with Crippen LogP contribution in [0.4, 0.5) is 4.79 Å². The smallest absolute Gasteiger partial charge is 0.326 e. The standard InChI is InChI=1S/C13H23N3O5/c1-9(8-16-4-2-3-5-16)7-14-13(21)15-10(12(19)20)6-11(17)18/h9-10H,2-8H2,1H3,(H,17,18)(H,19,20)(H2,14,15,21). The molecule has 1 fully saturated rings. The number of urea groups is 1. The molecule has 1 aliphatic rings. The highest BCUT2D eigenvalue weighted by Gasteiger charge is 2.23. The van der Waals surface area contributed by atoms with Crippen LogP contribution in [0.5, 0.6) is 0 Å². The fourth-order valence-electron chi connectivity index (χ4n) is 2.32. The van der Waals surface area contributed by atoms with Crippen molar-refractivity contribution in [1.82, 2.24) is 15.5 Å². The van der Waals surface area contributed by atoms with E-state index in [2.05, 4.69) is 15.5 Å². The highest BCUT2D eigenvalue weighted by Crippen LogP contribution is 2.09. The maximum absolute atomic E-state index is 11.6. The predicted molar refractivity (Wildman–Crippen MR) is 75.0 cm³/mol. The lowest BCUT2D eigenvalue weighted by atomic mass is 10.1. The van der Waals surface area contributed by atoms with Crippen LogP contribution in [0.25, 0.3) is 0 Å². The maximum atomic E-state index is 11.6. The molecule has 4 N–H and O–H groups in total. The van der Waals surface area contributed by atoms with Gasteiger partial charge >= 0.3 is 18.0 Å². The summed E-state index contributed by atoms with van der Waals surface area (Å²) in [6, 6.07) is -2.08. The van der Waals surface area contributed by atoms with Crippen LogP contribution in [0.2, 0.25) is 0 Å². The van der Waals surface area contributed by atoms with Crippen molar-refractivity contribution in [1.29, 1.82) is 0 Å². The molecule has 0 aromatic carbocycles. The van der Waals surface area contributed by atoms with Crippen LogP contribution in [-0.4, -0.2) is 65.3 Å². The number of hydrogen-bond acceptors (Lipinski definition) is 4. The van der Waals surface area contributed by atoms with Crippen LogP contribution in [-0.2, 0) is 9.59 Å². The lowest BCUT2D eigenvalue weighted by Crippen LogP contribution is -2.48. The van der Waals surface area contributed by atoms with Crippen LogP contribution < -0.4 is 10.6 Å². The average molecular weight is 301 g/mol. The van der Waals surface area contributed by atoms with Gasteiger partial charge in [0.25, 0.3) is 0 Å². The third-order valence-corrected chi connectivity index (χ3v) is 3.36. The molecule has 0 radical (unpaired) electrons. The average Bonchev–Trinajstić information content (AvgIpc) is 2.87. The van der Waals surface area contributed by atoms with E-state index in [1.54, 1.807) is 0 Å². The Morgan fingerprint density at radius 2 is 1.81 bits per heavy atom. The Labute approximate surface area is 123 Å². The van der Waals surface area contributed by atoms with E-state index in [-0.39, 0.29) is 5.92 Å². The molecule has 0 saturated carbocycles. The first-order chi connectivity index (χ1) is 9.88. The number of amides is 2. The molecule has 8 heteroatoms. The largest absolute Gasteiger partial charge is 0.481 e. The van der Waals surface area contributed by atoms with Gasteiger partial charge in [0.05, 0.1) is 6.42 Å². The fraction of sp³-hybridized carbons (Fsp3) is 0.769. The summed E-state index contributed by atoms with van der Waals surface area (Å²) in [6.07, 6.45) is 1.76. The molecule has 2 amide bonds. The van der Waals surface area contributed by atoms with Crippen molar-refractivity contribution in [3.05, 3.63) is 0 Å². The van der Waals surface area contributed by atoms with Gasteiger partial charge < -0.3 is 25.7 Å². The molecule has 8 nitrogen and oxygen atoms in total. The quantitative estimate of drug-likeness (QED) is 0.499. The third kappa shape index (κ3) is 6.94. The lowest BCUT2D eigenvalue weighted by molar-refractivity contribution is -0.145. The molecule has 1 saturated heterocycles. The van der Waals surface area contributed by atoms with E-state index in [1.807, 2.05) is 6.92 Å². The summed E-state index contributed by atoms with van der Waals surface area (Å²) in [5.74, 6) is -2.39. The summed E-state index contributed by atoms with van der Waals surface area (Å²) in [5.41, 5.74) is 0. The van der Waals surface area contributed by atoms with Crippen LogP contribution in [0, 0.1) is 5.92 Å². The normalized spacial score (nSPS) is 18.0. The van der Waals surface area contributed by atoms with Crippen LogP contribution >= 0.6 is 0 Å². The molecule has 0 aromatic heterocycles. The highest BCUT2D eigenvalue weighted by molar-refractivity contribution is 5.86. The second-order valence-corrected chi connectivity index (χ2v) is 5.46. The molecule has 1 rings (SSSR count). The number of carbonyl (C=O) groups excluding carboxylic acids is 1. The molecular weight excluding hydrogens is 278 g/mol. The van der Waals surface area contributed by atoms with Crippen molar-refractivity contribution in [2.45, 2.75) is 32.2 Å². The van der Waals surface area contributed by atoms with Gasteiger partial charge in [0.2, 0.25) is 0 Å². The molecule has 2 atom stereocenters. The minimum Gasteiger partial charge on any atom is -0.481 e. The number of nitrogens with one attached hydrogen (secondary N) is 2. The van der Waals surface area contributed by atoms with Gasteiger partial charge in [-0.3, -0.25) is 4.79 Å². The van der Waals surface area contributed by atoms with Gasteiger partial charge in [-0.25, -0.2) is 9.59 Å². The molecular formula is C13H23N3O5. The molecule has 1 aliphatic heterocycles. The minimum atomic E-state index is -1.42. The van der Waals surface area contributed by atoms with E-state index in [1.165, 1.54) is 12.8 Å². The summed E-state index contributed by atoms with van der Waals surface area (Å²) in [4.78, 5) is 35.3. The van der Waals surface area contributed by atoms with Gasteiger partial charge in [0, 0.05) is 13.1 Å². The first-order valence-corrected chi connectivity index (χ1v) is 7.09. The minimum absolute atomic E-state index is 0.247. The Morgan fingerprint density at radius 3 is 2.33 bits per heavy atom. The molecule has 21 heavy (non-hydrogen) atoms. The van der Waals surface area contributed by atoms with Gasteiger partial charge in [-0.05, 0) is 31.8 Å². The van der Waals surface area contributed by atoms with E-state index in [0.717, 1.165) is 19.6 Å². The van der Waals surface area contributed by atoms with Gasteiger partial charge in [-0.2, -0.15) is 0 Å². The molecule has 2 unspecified atom stereocenters. The number of rotatable bonds is 8. The number of carboxylic acids is 2. The number of carboxylic acid groups (broad SMARTS) is 2. The lowest BCUT2D eigenvalue weighted by Gasteiger charge is -2.21. The first kappa shape index (κ1) is 17.2. The topological polar surface area (TPSA) is 119 Å². The molecule has 0 spiro atoms. The highest BCUT2D eigenvalue weighted by atomic mass is 16.4. The van der Waals surface area contributed by atoms with Crippen molar-refractivity contribution in [3.63, 3.8) is 0 Å². The Morgan fingerprint density at radius 1 is 1.19 bits per heavy atom. The molecule has 0 aliphatic carbocycles. The Balaban J connectivity index is 2.27. The van der Waals surface area contributed by atoms with Crippen molar-refractivity contribution < 1.29 is 24.6 Å². The van der Waals surface area contributed by atoms with Gasteiger partial charge in [0.1, 0.15) is 6.04 Å². The fourth-order valence-corrected chi connectivity index (χ4v) is 2.32. The van der Waals surface area contributed by atoms with E-state index in [0.29, 0.717) is 6.54 Å². The first-order valence-electron chi connectivity index (χ1n) is 7.09. The van der Waals surface area contributed by atoms with Gasteiger partial charge in [0.15, 0.2) is 0 Å². The third-order valence-electron chi connectivity index (χ3n) is 3.36. The Kier molecular flexibility index (Phi) is 6.93. The van der Waals surface area contributed by atoms with E-state index < -0.39 is 30.4 Å². The van der Waals surface area contributed by atoms with Crippen molar-refractivity contribution >= 4 is 18.0 Å². The summed E-state index contributed by atoms with van der Waals surface area (Å²) >= 11 is 0. The summed E-state index contributed by atoms with van der Waals surface area (Å²) in [5, 5.41) is 22.1. The zero-order chi connectivity index (χ0) is 15.8. The van der Waals surface area contributed by atoms with E-state index in [9.17, 15) is 14.4 Å². The summed E-state index contributed by atoms with van der Waals surface area (Å²) in [6.45, 7) is 5.47. The predicted octanol–water partition coefficient (Wildman–Crippen LogP) is -0.0546. The van der Waals surface area contributed by atoms with Crippen LogP contribution in [0.15, 0.2) is 0 Å². The molecule has 0 aromatic rings. The molecule has 1 heterocycles. The van der Waals surface area contributed by atoms with Crippen molar-refractivity contribution in [3.8, 4) is 0 Å².